The molecule has 0 saturated heterocycles. The topological polar surface area (TPSA) is 3.24 Å². The first kappa shape index (κ1) is 35.5. The molecule has 1 nitrogen and oxygen atoms in total. The number of rotatable bonds is 7. The van der Waals surface area contributed by atoms with Crippen LogP contribution < -0.4 is 4.90 Å². The van der Waals surface area contributed by atoms with Crippen molar-refractivity contribution < 1.29 is 0 Å². The highest BCUT2D eigenvalue weighted by atomic mass is 15.1. The Morgan fingerprint density at radius 3 is 1.89 bits per heavy atom. The lowest BCUT2D eigenvalue weighted by Crippen LogP contribution is -2.18. The molecule has 2 fully saturated rings. The molecule has 0 amide bonds. The van der Waals surface area contributed by atoms with Crippen LogP contribution in [0.2, 0.25) is 0 Å². The van der Waals surface area contributed by atoms with Gasteiger partial charge in [-0.1, -0.05) is 143 Å². The lowest BCUT2D eigenvalue weighted by Gasteiger charge is -2.33. The summed E-state index contributed by atoms with van der Waals surface area (Å²) in [6.07, 6.45) is 18.3. The summed E-state index contributed by atoms with van der Waals surface area (Å²) >= 11 is 0. The zero-order valence-electron chi connectivity index (χ0n) is 33.6. The van der Waals surface area contributed by atoms with E-state index in [4.69, 9.17) is 0 Å². The van der Waals surface area contributed by atoms with E-state index in [1.807, 2.05) is 0 Å². The van der Waals surface area contributed by atoms with Gasteiger partial charge in [0, 0.05) is 16.8 Å². The van der Waals surface area contributed by atoms with Crippen LogP contribution in [0, 0.1) is 0 Å². The summed E-state index contributed by atoms with van der Waals surface area (Å²) in [7, 11) is 0. The number of hydrogen-bond donors (Lipinski definition) is 0. The van der Waals surface area contributed by atoms with Gasteiger partial charge in [-0.25, -0.2) is 0 Å². The van der Waals surface area contributed by atoms with E-state index in [0.717, 1.165) is 18.8 Å². The Hall–Kier alpha value is -4.88. The average molecular weight is 732 g/mol. The lowest BCUT2D eigenvalue weighted by atomic mass is 9.82. The van der Waals surface area contributed by atoms with Crippen LogP contribution in [0.25, 0.3) is 33.4 Å². The minimum atomic E-state index is -0.0616. The van der Waals surface area contributed by atoms with Gasteiger partial charge in [-0.2, -0.15) is 0 Å². The largest absolute Gasteiger partial charge is 0.310 e. The van der Waals surface area contributed by atoms with Crippen LogP contribution in [0.1, 0.15) is 136 Å². The summed E-state index contributed by atoms with van der Waals surface area (Å²) in [4.78, 5) is 2.65. The number of hydrogen-bond acceptors (Lipinski definition) is 1. The molecule has 0 radical (unpaired) electrons. The van der Waals surface area contributed by atoms with Gasteiger partial charge in [0.1, 0.15) is 0 Å². The van der Waals surface area contributed by atoms with E-state index in [2.05, 4.69) is 146 Å². The number of aryl methyl sites for hydroxylation is 1. The minimum absolute atomic E-state index is 0.0616. The van der Waals surface area contributed by atoms with Crippen LogP contribution in [0.3, 0.4) is 0 Å². The molecule has 6 aromatic carbocycles. The molecule has 4 aliphatic carbocycles. The molecule has 0 aliphatic heterocycles. The maximum atomic E-state index is 2.65. The summed E-state index contributed by atoms with van der Waals surface area (Å²) in [5.41, 5.74) is 20.8. The van der Waals surface area contributed by atoms with E-state index in [1.54, 1.807) is 0 Å². The smallest absolute Gasteiger partial charge is 0.0502 e. The first-order valence-electron chi connectivity index (χ1n) is 22.0. The summed E-state index contributed by atoms with van der Waals surface area (Å²) in [6.45, 7) is 4.82. The fourth-order valence-electron chi connectivity index (χ4n) is 11.1. The Morgan fingerprint density at radius 2 is 1.11 bits per heavy atom. The van der Waals surface area contributed by atoms with Crippen molar-refractivity contribution in [3.05, 3.63) is 161 Å². The van der Waals surface area contributed by atoms with Crippen LogP contribution >= 0.6 is 0 Å². The van der Waals surface area contributed by atoms with Gasteiger partial charge in [-0.3, -0.25) is 0 Å². The van der Waals surface area contributed by atoms with Crippen molar-refractivity contribution in [1.82, 2.24) is 0 Å². The van der Waals surface area contributed by atoms with Crippen molar-refractivity contribution in [3.8, 4) is 33.4 Å². The number of fused-ring (bicyclic) bond motifs is 4. The molecule has 0 atom stereocenters. The molecule has 4 aliphatic rings. The van der Waals surface area contributed by atoms with E-state index in [0.29, 0.717) is 5.92 Å². The van der Waals surface area contributed by atoms with E-state index >= 15 is 0 Å². The van der Waals surface area contributed by atoms with Gasteiger partial charge in [0.25, 0.3) is 0 Å². The van der Waals surface area contributed by atoms with Crippen molar-refractivity contribution in [3.63, 3.8) is 0 Å². The monoisotopic (exact) mass is 731 g/mol. The van der Waals surface area contributed by atoms with Crippen LogP contribution in [0.5, 0.6) is 0 Å². The third kappa shape index (κ3) is 6.52. The Balaban J connectivity index is 1.10. The van der Waals surface area contributed by atoms with E-state index in [1.165, 1.54) is 161 Å². The predicted molar refractivity (Wildman–Crippen MR) is 238 cm³/mol. The quantitative estimate of drug-likeness (QED) is 0.158. The molecule has 1 heteroatoms. The predicted octanol–water partition coefficient (Wildman–Crippen LogP) is 15.8. The molecule has 2 saturated carbocycles. The van der Waals surface area contributed by atoms with Gasteiger partial charge in [-0.05, 0) is 166 Å². The first-order chi connectivity index (χ1) is 27.5. The minimum Gasteiger partial charge on any atom is -0.310 e. The van der Waals surface area contributed by atoms with Crippen molar-refractivity contribution >= 4 is 17.1 Å². The van der Waals surface area contributed by atoms with Gasteiger partial charge in [-0.15, -0.1) is 0 Å². The van der Waals surface area contributed by atoms with Crippen molar-refractivity contribution in [2.75, 3.05) is 4.90 Å². The second-order valence-electron chi connectivity index (χ2n) is 18.0. The SMILES string of the molecule is CC1(C)c2ccccc2-c2ccc(N(c3cccc(C4CCCCC4)c3)c3cc(-c4cccc(-c5ccc(C6CCCCC6)cc5)c4)cc4c3CCCC4)cc21. The molecule has 0 spiro atoms. The molecule has 0 N–H and O–H groups in total. The highest BCUT2D eigenvalue weighted by Crippen LogP contribution is 2.52. The summed E-state index contributed by atoms with van der Waals surface area (Å²) in [5, 5.41) is 0. The highest BCUT2D eigenvalue weighted by Gasteiger charge is 2.36. The number of benzene rings is 6. The number of nitrogens with zero attached hydrogens (tertiary/aromatic N) is 1. The molecule has 56 heavy (non-hydrogen) atoms. The van der Waals surface area contributed by atoms with E-state index in [-0.39, 0.29) is 5.41 Å². The third-order valence-electron chi connectivity index (χ3n) is 14.2. The van der Waals surface area contributed by atoms with Crippen LogP contribution in [-0.2, 0) is 18.3 Å². The molecule has 10 rings (SSSR count). The molecule has 0 heterocycles. The fraction of sp³-hybridized carbons (Fsp3) is 0.345. The second-order valence-corrected chi connectivity index (χ2v) is 18.0. The van der Waals surface area contributed by atoms with Gasteiger partial charge in [0.15, 0.2) is 0 Å². The standard InChI is InChI=1S/C55H57N/c1-55(2)52-26-12-11-25-50(52)51-32-31-48(37-53(51)55)56(47-23-14-22-44(35-47)39-17-7-4-8-18-39)54-36-46(34-45-19-9-10-24-49(45)54)43-21-13-20-42(33-43)41-29-27-40(28-30-41)38-15-5-3-6-16-38/h11-14,20-23,25-39H,3-10,15-19,24H2,1-2H3. The lowest BCUT2D eigenvalue weighted by molar-refractivity contribution is 0.443. The third-order valence-corrected chi connectivity index (χ3v) is 14.2. The Bertz CT molecular complexity index is 2360. The maximum absolute atomic E-state index is 2.65. The Labute approximate surface area is 335 Å². The van der Waals surface area contributed by atoms with Gasteiger partial charge < -0.3 is 4.90 Å². The second kappa shape index (κ2) is 14.9. The maximum Gasteiger partial charge on any atom is 0.0502 e. The van der Waals surface area contributed by atoms with Crippen LogP contribution in [0.4, 0.5) is 17.1 Å². The average Bonchev–Trinajstić information content (AvgIpc) is 3.50. The van der Waals surface area contributed by atoms with Gasteiger partial charge >= 0.3 is 0 Å². The van der Waals surface area contributed by atoms with Crippen LogP contribution in [0.15, 0.2) is 127 Å². The van der Waals surface area contributed by atoms with E-state index < -0.39 is 0 Å². The van der Waals surface area contributed by atoms with Crippen molar-refractivity contribution in [1.29, 1.82) is 0 Å². The van der Waals surface area contributed by atoms with Crippen LogP contribution in [-0.4, -0.2) is 0 Å². The molecule has 0 unspecified atom stereocenters. The van der Waals surface area contributed by atoms with E-state index in [9.17, 15) is 0 Å². The molecule has 282 valence electrons. The van der Waals surface area contributed by atoms with Gasteiger partial charge in [0.2, 0.25) is 0 Å². The van der Waals surface area contributed by atoms with Crippen molar-refractivity contribution in [2.45, 2.75) is 121 Å². The van der Waals surface area contributed by atoms with Crippen molar-refractivity contribution in [2.24, 2.45) is 0 Å². The highest BCUT2D eigenvalue weighted by molar-refractivity contribution is 5.88. The zero-order valence-corrected chi connectivity index (χ0v) is 33.6. The molecule has 6 aromatic rings. The zero-order chi connectivity index (χ0) is 37.6. The molecule has 0 aromatic heterocycles. The summed E-state index contributed by atoms with van der Waals surface area (Å²) in [6, 6.07) is 50.0. The number of anilines is 3. The normalized spacial score (nSPS) is 17.9. The van der Waals surface area contributed by atoms with Gasteiger partial charge in [0.05, 0.1) is 5.69 Å². The first-order valence-corrected chi connectivity index (χ1v) is 22.0. The fourth-order valence-corrected chi connectivity index (χ4v) is 11.1. The molecular formula is C55H57N. The Kier molecular flexibility index (Phi) is 9.45. The molecular weight excluding hydrogens is 675 g/mol. The summed E-state index contributed by atoms with van der Waals surface area (Å²) < 4.78 is 0. The Morgan fingerprint density at radius 1 is 0.446 bits per heavy atom. The summed E-state index contributed by atoms with van der Waals surface area (Å²) in [5.74, 6) is 1.38. The molecule has 0 bridgehead atoms.